The van der Waals surface area contributed by atoms with Crippen molar-refractivity contribution in [3.63, 3.8) is 0 Å². The number of likely N-dealkylation sites (N-methyl/N-ethyl adjacent to an activating group) is 1. The van der Waals surface area contributed by atoms with Crippen LogP contribution in [0, 0.1) is 6.92 Å². The summed E-state index contributed by atoms with van der Waals surface area (Å²) in [4.78, 5) is 17.1. The number of nitrogens with one attached hydrogen (secondary N) is 1. The van der Waals surface area contributed by atoms with E-state index in [-0.39, 0.29) is 11.2 Å². The van der Waals surface area contributed by atoms with Crippen LogP contribution in [0.1, 0.15) is 12.5 Å². The minimum atomic E-state index is -0.217. The smallest absolute Gasteiger partial charge is 0.237 e. The normalized spacial score (nSPS) is 16.7. The third-order valence-electron chi connectivity index (χ3n) is 4.30. The van der Waals surface area contributed by atoms with Gasteiger partial charge in [0.1, 0.15) is 5.51 Å². The molecule has 0 spiro atoms. The molecule has 3 rings (SSSR count). The Morgan fingerprint density at radius 3 is 2.72 bits per heavy atom. The number of carbonyl (C=O) groups is 1. The molecule has 1 aromatic heterocycles. The minimum absolute atomic E-state index is 0.0213. The van der Waals surface area contributed by atoms with Crippen LogP contribution in [0.25, 0.3) is 0 Å². The van der Waals surface area contributed by atoms with Gasteiger partial charge in [-0.05, 0) is 44.7 Å². The molecule has 0 aliphatic carbocycles. The molecule has 1 atom stereocenters. The number of rotatable bonds is 5. The molecule has 0 saturated carbocycles. The van der Waals surface area contributed by atoms with Crippen LogP contribution in [0.15, 0.2) is 28.0 Å². The molecule has 1 aromatic carbocycles. The van der Waals surface area contributed by atoms with E-state index < -0.39 is 0 Å². The van der Waals surface area contributed by atoms with Crippen molar-refractivity contribution in [2.24, 2.45) is 0 Å². The summed E-state index contributed by atoms with van der Waals surface area (Å²) in [5.74, 6) is -0.0213. The molecule has 2 aromatic rings. The first-order valence-corrected chi connectivity index (χ1v) is 10.1. The molecule has 8 heteroatoms. The number of amides is 1. The molecule has 1 aliphatic heterocycles. The van der Waals surface area contributed by atoms with E-state index in [0.717, 1.165) is 36.2 Å². The van der Waals surface area contributed by atoms with Gasteiger partial charge in [-0.3, -0.25) is 4.79 Å². The van der Waals surface area contributed by atoms with Crippen LogP contribution in [0.2, 0.25) is 0 Å². The van der Waals surface area contributed by atoms with Crippen LogP contribution < -0.4 is 10.2 Å². The van der Waals surface area contributed by atoms with Crippen molar-refractivity contribution in [1.82, 2.24) is 15.1 Å². The number of thioether (sulfide) groups is 1. The first-order chi connectivity index (χ1) is 12.0. The molecule has 2 heterocycles. The number of benzene rings is 1. The number of carbonyl (C=O) groups excluding carboxylic acids is 1. The largest absolute Gasteiger partial charge is 0.369 e. The van der Waals surface area contributed by atoms with Gasteiger partial charge in [0.2, 0.25) is 5.91 Å². The number of piperazine rings is 1. The van der Waals surface area contributed by atoms with Crippen molar-refractivity contribution in [2.75, 3.05) is 43.4 Å². The Balaban J connectivity index is 1.61. The van der Waals surface area contributed by atoms with Crippen molar-refractivity contribution in [3.8, 4) is 0 Å². The summed E-state index contributed by atoms with van der Waals surface area (Å²) in [6, 6.07) is 6.15. The van der Waals surface area contributed by atoms with E-state index in [1.807, 2.05) is 19.1 Å². The van der Waals surface area contributed by atoms with Gasteiger partial charge in [-0.1, -0.05) is 23.1 Å². The average Bonchev–Trinajstić information content (AvgIpc) is 3.09. The summed E-state index contributed by atoms with van der Waals surface area (Å²) in [5, 5.41) is 10.6. The van der Waals surface area contributed by atoms with E-state index in [1.165, 1.54) is 34.3 Å². The number of aromatic nitrogens is 2. The van der Waals surface area contributed by atoms with Gasteiger partial charge >= 0.3 is 0 Å². The summed E-state index contributed by atoms with van der Waals surface area (Å²) in [6.45, 7) is 8.23. The lowest BCUT2D eigenvalue weighted by Gasteiger charge is -2.35. The van der Waals surface area contributed by atoms with Gasteiger partial charge in [-0.25, -0.2) is 0 Å². The van der Waals surface area contributed by atoms with Crippen LogP contribution in [0.3, 0.4) is 0 Å². The number of aryl methyl sites for hydroxylation is 1. The summed E-state index contributed by atoms with van der Waals surface area (Å²) in [7, 11) is 2.16. The van der Waals surface area contributed by atoms with Crippen LogP contribution in [0.5, 0.6) is 0 Å². The van der Waals surface area contributed by atoms with Gasteiger partial charge in [0.25, 0.3) is 0 Å². The average molecular weight is 378 g/mol. The highest BCUT2D eigenvalue weighted by Gasteiger charge is 2.18. The van der Waals surface area contributed by atoms with Gasteiger partial charge in [0.05, 0.1) is 5.25 Å². The number of nitrogens with zero attached hydrogens (tertiary/aromatic N) is 4. The monoisotopic (exact) mass is 377 g/mol. The van der Waals surface area contributed by atoms with Crippen LogP contribution in [-0.4, -0.2) is 59.5 Å². The van der Waals surface area contributed by atoms with Crippen molar-refractivity contribution < 1.29 is 4.79 Å². The fourth-order valence-corrected chi connectivity index (χ4v) is 4.42. The lowest BCUT2D eigenvalue weighted by Crippen LogP contribution is -2.44. The Kier molecular flexibility index (Phi) is 5.93. The molecular formula is C17H23N5OS2. The molecule has 0 bridgehead atoms. The maximum Gasteiger partial charge on any atom is 0.237 e. The number of hydrogen-bond donors (Lipinski definition) is 1. The molecule has 1 N–H and O–H groups in total. The quantitative estimate of drug-likeness (QED) is 0.809. The van der Waals surface area contributed by atoms with Crippen molar-refractivity contribution in [1.29, 1.82) is 0 Å². The Hall–Kier alpha value is -1.64. The highest BCUT2D eigenvalue weighted by molar-refractivity contribution is 8.02. The van der Waals surface area contributed by atoms with Gasteiger partial charge in [0.15, 0.2) is 4.34 Å². The fraction of sp³-hybridized carbons (Fsp3) is 0.471. The van der Waals surface area contributed by atoms with Gasteiger partial charge in [-0.15, -0.1) is 10.2 Å². The fourth-order valence-electron chi connectivity index (χ4n) is 2.80. The van der Waals surface area contributed by atoms with E-state index in [4.69, 9.17) is 0 Å². The third-order valence-corrected chi connectivity index (χ3v) is 6.21. The molecule has 0 radical (unpaired) electrons. The molecule has 1 saturated heterocycles. The van der Waals surface area contributed by atoms with Crippen LogP contribution in [-0.2, 0) is 4.79 Å². The SMILES string of the molecule is Cc1cc(NC(=O)[C@@H](C)Sc2nncs2)ccc1N1CCN(C)CC1. The third kappa shape index (κ3) is 4.71. The van der Waals surface area contributed by atoms with Gasteiger partial charge in [0, 0.05) is 37.6 Å². The topological polar surface area (TPSA) is 61.4 Å². The molecular weight excluding hydrogens is 354 g/mol. The van der Waals surface area contributed by atoms with Crippen molar-refractivity contribution in [3.05, 3.63) is 29.3 Å². The van der Waals surface area contributed by atoms with E-state index in [2.05, 4.69) is 45.4 Å². The zero-order valence-corrected chi connectivity index (χ0v) is 16.4. The standard InChI is InChI=1S/C17H23N5OS2/c1-12-10-14(4-5-15(12)22-8-6-21(3)7-9-22)19-16(23)13(2)25-17-20-18-11-24-17/h4-5,10-11,13H,6-9H2,1-3H3,(H,19,23)/t13-/m1/s1. The molecule has 1 aliphatic rings. The summed E-state index contributed by atoms with van der Waals surface area (Å²) in [5.41, 5.74) is 4.95. The highest BCUT2D eigenvalue weighted by atomic mass is 32.2. The lowest BCUT2D eigenvalue weighted by molar-refractivity contribution is -0.115. The Bertz CT molecular complexity index is 714. The van der Waals surface area contributed by atoms with E-state index in [1.54, 1.807) is 5.51 Å². The Morgan fingerprint density at radius 1 is 1.32 bits per heavy atom. The highest BCUT2D eigenvalue weighted by Crippen LogP contribution is 2.27. The summed E-state index contributed by atoms with van der Waals surface area (Å²) >= 11 is 2.87. The molecule has 1 fully saturated rings. The van der Waals surface area contributed by atoms with Crippen molar-refractivity contribution >= 4 is 40.4 Å². The second kappa shape index (κ2) is 8.16. The van der Waals surface area contributed by atoms with Gasteiger partial charge < -0.3 is 15.1 Å². The molecule has 0 unspecified atom stereocenters. The van der Waals surface area contributed by atoms with E-state index in [9.17, 15) is 4.79 Å². The van der Waals surface area contributed by atoms with Crippen LogP contribution in [0.4, 0.5) is 11.4 Å². The predicted molar refractivity (Wildman–Crippen MR) is 105 cm³/mol. The summed E-state index contributed by atoms with van der Waals surface area (Å²) in [6.07, 6.45) is 0. The Morgan fingerprint density at radius 2 is 2.08 bits per heavy atom. The molecule has 6 nitrogen and oxygen atoms in total. The first-order valence-electron chi connectivity index (χ1n) is 8.31. The van der Waals surface area contributed by atoms with E-state index in [0.29, 0.717) is 0 Å². The van der Waals surface area contributed by atoms with E-state index >= 15 is 0 Å². The summed E-state index contributed by atoms with van der Waals surface area (Å²) < 4.78 is 0.809. The zero-order chi connectivity index (χ0) is 17.8. The Labute approximate surface area is 156 Å². The van der Waals surface area contributed by atoms with Gasteiger partial charge in [-0.2, -0.15) is 0 Å². The second-order valence-corrected chi connectivity index (χ2v) is 8.67. The molecule has 25 heavy (non-hydrogen) atoms. The predicted octanol–water partition coefficient (Wildman–Crippen LogP) is 2.72. The minimum Gasteiger partial charge on any atom is -0.369 e. The van der Waals surface area contributed by atoms with Crippen LogP contribution >= 0.6 is 23.1 Å². The number of hydrogen-bond acceptors (Lipinski definition) is 7. The second-order valence-electron chi connectivity index (χ2n) is 6.25. The van der Waals surface area contributed by atoms with Crippen molar-refractivity contribution in [2.45, 2.75) is 23.4 Å². The maximum absolute atomic E-state index is 12.4. The maximum atomic E-state index is 12.4. The molecule has 1 amide bonds. The zero-order valence-electron chi connectivity index (χ0n) is 14.7. The molecule has 134 valence electrons. The number of anilines is 2. The first kappa shape index (κ1) is 18.2. The lowest BCUT2D eigenvalue weighted by atomic mass is 10.1.